The van der Waals surface area contributed by atoms with Gasteiger partial charge in [-0.25, -0.2) is 16.8 Å². The lowest BCUT2D eigenvalue weighted by atomic mass is 9.70. The summed E-state index contributed by atoms with van der Waals surface area (Å²) in [6.07, 6.45) is 9.75. The first kappa shape index (κ1) is 29.7. The lowest BCUT2D eigenvalue weighted by Gasteiger charge is -2.37. The molecule has 0 spiro atoms. The fraction of sp³-hybridized carbons (Fsp3) is 0.952. The van der Waals surface area contributed by atoms with Gasteiger partial charge in [0.25, 0.3) is 0 Å². The fourth-order valence-corrected chi connectivity index (χ4v) is 9.48. The van der Waals surface area contributed by atoms with E-state index >= 15 is 0 Å². The lowest BCUT2D eigenvalue weighted by molar-refractivity contribution is -0.109. The van der Waals surface area contributed by atoms with Gasteiger partial charge in [-0.05, 0) is 90.7 Å². The molecule has 0 aromatic heterocycles. The summed E-state index contributed by atoms with van der Waals surface area (Å²) in [6.45, 7) is 4.99. The summed E-state index contributed by atoms with van der Waals surface area (Å²) >= 11 is 1.41. The van der Waals surface area contributed by atoms with Crippen molar-refractivity contribution in [3.63, 3.8) is 0 Å². The van der Waals surface area contributed by atoms with Crippen molar-refractivity contribution in [1.82, 2.24) is 0 Å². The Labute approximate surface area is 202 Å². The van der Waals surface area contributed by atoms with Crippen LogP contribution in [0.25, 0.3) is 0 Å². The number of thioether (sulfide) groups is 1. The van der Waals surface area contributed by atoms with E-state index in [0.717, 1.165) is 65.9 Å². The quantitative estimate of drug-likeness (QED) is 0.182. The van der Waals surface area contributed by atoms with E-state index in [1.807, 2.05) is 0 Å². The molecule has 1 saturated carbocycles. The minimum absolute atomic E-state index is 0.183. The van der Waals surface area contributed by atoms with Gasteiger partial charge in [-0.2, -0.15) is 0 Å². The normalized spacial score (nSPS) is 22.5. The Kier molecular flexibility index (Phi) is 14.8. The maximum Gasteiger partial charge on any atom is 0.201 e. The highest BCUT2D eigenvalue weighted by atomic mass is 33.1. The van der Waals surface area contributed by atoms with Crippen molar-refractivity contribution in [3.8, 4) is 0 Å². The van der Waals surface area contributed by atoms with Crippen molar-refractivity contribution in [2.24, 2.45) is 17.8 Å². The van der Waals surface area contributed by atoms with Crippen LogP contribution in [-0.4, -0.2) is 50.7 Å². The van der Waals surface area contributed by atoms with E-state index in [9.17, 15) is 21.6 Å². The minimum atomic E-state index is -2.98. The van der Waals surface area contributed by atoms with Gasteiger partial charge < -0.3 is 0 Å². The molecule has 0 bridgehead atoms. The van der Waals surface area contributed by atoms with E-state index in [-0.39, 0.29) is 16.6 Å². The van der Waals surface area contributed by atoms with Gasteiger partial charge in [0.05, 0.1) is 11.5 Å². The van der Waals surface area contributed by atoms with Gasteiger partial charge in [-0.15, -0.1) is 0 Å². The van der Waals surface area contributed by atoms with E-state index < -0.39 is 17.7 Å². The average Bonchev–Trinajstić information content (AvgIpc) is 2.72. The maximum absolute atomic E-state index is 11.7. The summed E-state index contributed by atoms with van der Waals surface area (Å²) in [6, 6.07) is 0. The molecule has 0 aromatic rings. The topological polar surface area (TPSA) is 85.3 Å². The highest BCUT2D eigenvalue weighted by molar-refractivity contribution is 8.72. The molecule has 0 amide bonds. The van der Waals surface area contributed by atoms with Gasteiger partial charge in [0.1, 0.15) is 0 Å². The molecule has 5 nitrogen and oxygen atoms in total. The summed E-state index contributed by atoms with van der Waals surface area (Å²) < 4.78 is 46.8. The van der Waals surface area contributed by atoms with Crippen molar-refractivity contribution in [2.45, 2.75) is 78.6 Å². The van der Waals surface area contributed by atoms with E-state index in [0.29, 0.717) is 29.3 Å². The summed E-state index contributed by atoms with van der Waals surface area (Å²) in [5, 5.41) is 0.184. The Morgan fingerprint density at radius 1 is 0.774 bits per heavy atom. The number of rotatable bonds is 16. The Balaban J connectivity index is 2.51. The second-order valence-electron chi connectivity index (χ2n) is 8.30. The molecular formula is C21H40O5S5. The molecule has 1 aliphatic rings. The number of hydrogen-bond acceptors (Lipinski definition) is 8. The average molecular weight is 533 g/mol. The van der Waals surface area contributed by atoms with Crippen molar-refractivity contribution >= 4 is 56.2 Å². The van der Waals surface area contributed by atoms with Crippen LogP contribution in [0.4, 0.5) is 0 Å². The van der Waals surface area contributed by atoms with E-state index in [1.165, 1.54) is 31.0 Å². The smallest absolute Gasteiger partial charge is 0.201 e. The summed E-state index contributed by atoms with van der Waals surface area (Å²) in [5.41, 5.74) is 0. The number of carbonyl (C=O) groups excluding carboxylic acids is 1. The zero-order chi connectivity index (χ0) is 23.3. The molecule has 0 saturated heterocycles. The zero-order valence-corrected chi connectivity index (χ0v) is 23.3. The van der Waals surface area contributed by atoms with Crippen LogP contribution < -0.4 is 0 Å². The second-order valence-corrected chi connectivity index (χ2v) is 18.7. The van der Waals surface area contributed by atoms with Crippen LogP contribution in [0, 0.1) is 17.8 Å². The minimum Gasteiger partial charge on any atom is -0.288 e. The summed E-state index contributed by atoms with van der Waals surface area (Å²) in [5.74, 6) is 4.48. The zero-order valence-electron chi connectivity index (χ0n) is 19.2. The van der Waals surface area contributed by atoms with E-state index in [4.69, 9.17) is 0 Å². The standard InChI is InChI=1S/C21H40O5S5/c1-4-30(23,24)28-15-7-10-20-13-12-19(9-6-14-27-18(3)22)17-21(20)11-8-16-29-31(25,26)5-2/h19-21H,4-17H2,1-3H3. The van der Waals surface area contributed by atoms with Crippen molar-refractivity contribution in [2.75, 3.05) is 28.8 Å². The van der Waals surface area contributed by atoms with Gasteiger partial charge >= 0.3 is 0 Å². The molecule has 31 heavy (non-hydrogen) atoms. The summed E-state index contributed by atoms with van der Waals surface area (Å²) in [7, 11) is -3.78. The van der Waals surface area contributed by atoms with Crippen molar-refractivity contribution in [3.05, 3.63) is 0 Å². The molecule has 1 rings (SSSR count). The Morgan fingerprint density at radius 3 is 1.81 bits per heavy atom. The molecule has 0 radical (unpaired) electrons. The van der Waals surface area contributed by atoms with Crippen LogP contribution in [-0.2, 0) is 22.5 Å². The third-order valence-electron chi connectivity index (χ3n) is 5.98. The molecule has 1 fully saturated rings. The first-order valence-corrected chi connectivity index (χ1v) is 18.8. The molecule has 184 valence electrons. The lowest BCUT2D eigenvalue weighted by Crippen LogP contribution is -2.25. The Hall–Kier alpha value is 0.620. The summed E-state index contributed by atoms with van der Waals surface area (Å²) in [4.78, 5) is 11.1. The molecule has 0 aliphatic heterocycles. The Morgan fingerprint density at radius 2 is 1.29 bits per heavy atom. The van der Waals surface area contributed by atoms with Crippen LogP contribution >= 0.6 is 33.3 Å². The fourth-order valence-electron chi connectivity index (χ4n) is 4.24. The van der Waals surface area contributed by atoms with Crippen LogP contribution in [0.2, 0.25) is 0 Å². The molecule has 0 N–H and O–H groups in total. The highest BCUT2D eigenvalue weighted by Gasteiger charge is 2.29. The van der Waals surface area contributed by atoms with Gasteiger partial charge in [0.2, 0.25) is 17.7 Å². The molecule has 1 aliphatic carbocycles. The second kappa shape index (κ2) is 15.5. The number of hydrogen-bond donors (Lipinski definition) is 0. The number of carbonyl (C=O) groups is 1. The predicted octanol–water partition coefficient (Wildman–Crippen LogP) is 5.81. The van der Waals surface area contributed by atoms with Gasteiger partial charge in [0.15, 0.2) is 5.12 Å². The first-order chi connectivity index (χ1) is 14.6. The van der Waals surface area contributed by atoms with Gasteiger partial charge in [-0.3, -0.25) is 4.79 Å². The monoisotopic (exact) mass is 532 g/mol. The van der Waals surface area contributed by atoms with Crippen molar-refractivity contribution in [1.29, 1.82) is 0 Å². The SMILES string of the molecule is CCS(=O)(=O)SCCCC1CCC(CCCSC(C)=O)CC1CCCSS(=O)(=O)CC. The van der Waals surface area contributed by atoms with Crippen LogP contribution in [0.1, 0.15) is 78.6 Å². The Bertz CT molecular complexity index is 720. The molecule has 0 heterocycles. The van der Waals surface area contributed by atoms with Crippen molar-refractivity contribution < 1.29 is 21.6 Å². The third-order valence-corrected chi connectivity index (χ3v) is 14.5. The molecule has 3 unspecified atom stereocenters. The van der Waals surface area contributed by atoms with Gasteiger partial charge in [-0.1, -0.05) is 32.0 Å². The van der Waals surface area contributed by atoms with E-state index in [1.54, 1.807) is 20.8 Å². The van der Waals surface area contributed by atoms with E-state index in [2.05, 4.69) is 0 Å². The highest BCUT2D eigenvalue weighted by Crippen LogP contribution is 2.41. The van der Waals surface area contributed by atoms with Crippen LogP contribution in [0.15, 0.2) is 0 Å². The molecule has 0 aromatic carbocycles. The van der Waals surface area contributed by atoms with Crippen LogP contribution in [0.3, 0.4) is 0 Å². The molecule has 3 atom stereocenters. The predicted molar refractivity (Wildman–Crippen MR) is 139 cm³/mol. The maximum atomic E-state index is 11.7. The first-order valence-electron chi connectivity index (χ1n) is 11.5. The van der Waals surface area contributed by atoms with Gasteiger partial charge in [0, 0.05) is 24.2 Å². The third kappa shape index (κ3) is 13.8. The molecular weight excluding hydrogens is 493 g/mol. The van der Waals surface area contributed by atoms with Crippen LogP contribution in [0.5, 0.6) is 0 Å². The molecule has 10 heteroatoms. The largest absolute Gasteiger partial charge is 0.288 e.